The van der Waals surface area contributed by atoms with Crippen LogP contribution in [0, 0.1) is 6.92 Å². The van der Waals surface area contributed by atoms with Crippen LogP contribution in [0.4, 0.5) is 5.69 Å². The lowest BCUT2D eigenvalue weighted by molar-refractivity contribution is 0.0999. The molecule has 1 amide bonds. The fraction of sp³-hybridized carbons (Fsp3) is 0.133. The summed E-state index contributed by atoms with van der Waals surface area (Å²) >= 11 is 3.50. The van der Waals surface area contributed by atoms with Crippen molar-refractivity contribution in [3.05, 3.63) is 63.6 Å². The van der Waals surface area contributed by atoms with Gasteiger partial charge in [0.05, 0.1) is 0 Å². The average molecular weight is 319 g/mol. The lowest BCUT2D eigenvalue weighted by Crippen LogP contribution is -2.15. The van der Waals surface area contributed by atoms with Crippen LogP contribution in [-0.4, -0.2) is 5.91 Å². The van der Waals surface area contributed by atoms with Crippen molar-refractivity contribution in [2.75, 3.05) is 5.32 Å². The molecule has 0 spiro atoms. The molecule has 0 aliphatic heterocycles. The number of amides is 1. The Morgan fingerprint density at radius 1 is 1.21 bits per heavy atom. The van der Waals surface area contributed by atoms with E-state index in [1.807, 2.05) is 43.3 Å². The molecule has 0 aromatic heterocycles. The van der Waals surface area contributed by atoms with Gasteiger partial charge >= 0.3 is 0 Å². The first-order chi connectivity index (χ1) is 9.09. The summed E-state index contributed by atoms with van der Waals surface area (Å²) in [4.78, 5) is 11.3. The van der Waals surface area contributed by atoms with Crippen molar-refractivity contribution in [1.82, 2.24) is 0 Å². The zero-order valence-corrected chi connectivity index (χ0v) is 12.2. The number of hydrogen-bond acceptors (Lipinski definition) is 2. The minimum Gasteiger partial charge on any atom is -0.381 e. The van der Waals surface area contributed by atoms with Crippen molar-refractivity contribution < 1.29 is 4.79 Å². The van der Waals surface area contributed by atoms with E-state index in [0.717, 1.165) is 21.3 Å². The predicted octanol–water partition coefficient (Wildman–Crippen LogP) is 3.47. The second-order valence-electron chi connectivity index (χ2n) is 4.29. The minimum atomic E-state index is -0.400. The Labute approximate surface area is 121 Å². The van der Waals surface area contributed by atoms with Crippen LogP contribution < -0.4 is 11.1 Å². The number of nitrogens with one attached hydrogen (secondary N) is 1. The fourth-order valence-electron chi connectivity index (χ4n) is 1.90. The lowest BCUT2D eigenvalue weighted by Gasteiger charge is -2.12. The highest BCUT2D eigenvalue weighted by atomic mass is 79.9. The Morgan fingerprint density at radius 2 is 1.95 bits per heavy atom. The molecular formula is C15H15BrN2O. The van der Waals surface area contributed by atoms with Gasteiger partial charge in [-0.25, -0.2) is 0 Å². The quantitative estimate of drug-likeness (QED) is 0.906. The Balaban J connectivity index is 2.19. The molecule has 2 aromatic carbocycles. The van der Waals surface area contributed by atoms with Gasteiger partial charge in [-0.2, -0.15) is 0 Å². The van der Waals surface area contributed by atoms with Crippen LogP contribution in [0.5, 0.6) is 0 Å². The Kier molecular flexibility index (Phi) is 4.22. The van der Waals surface area contributed by atoms with E-state index in [1.165, 1.54) is 0 Å². The van der Waals surface area contributed by atoms with E-state index in [2.05, 4.69) is 21.2 Å². The summed E-state index contributed by atoms with van der Waals surface area (Å²) in [7, 11) is 0. The normalized spacial score (nSPS) is 10.2. The molecule has 19 heavy (non-hydrogen) atoms. The van der Waals surface area contributed by atoms with Gasteiger partial charge in [0.25, 0.3) is 0 Å². The minimum absolute atomic E-state index is 0.400. The third kappa shape index (κ3) is 3.15. The first-order valence-corrected chi connectivity index (χ1v) is 6.75. The summed E-state index contributed by atoms with van der Waals surface area (Å²) in [6.45, 7) is 2.60. The van der Waals surface area contributed by atoms with E-state index in [0.29, 0.717) is 12.1 Å². The molecular weight excluding hydrogens is 304 g/mol. The molecule has 0 unspecified atom stereocenters. The number of rotatable bonds is 4. The third-order valence-corrected chi connectivity index (χ3v) is 3.88. The monoisotopic (exact) mass is 318 g/mol. The molecule has 0 heterocycles. The molecule has 0 aliphatic carbocycles. The molecule has 0 fully saturated rings. The van der Waals surface area contributed by atoms with Crippen molar-refractivity contribution in [2.24, 2.45) is 5.73 Å². The van der Waals surface area contributed by atoms with E-state index in [4.69, 9.17) is 5.73 Å². The summed E-state index contributed by atoms with van der Waals surface area (Å²) in [6.07, 6.45) is 0. The van der Waals surface area contributed by atoms with E-state index in [1.54, 1.807) is 6.07 Å². The number of halogens is 1. The zero-order valence-electron chi connectivity index (χ0n) is 10.6. The van der Waals surface area contributed by atoms with Crippen molar-refractivity contribution >= 4 is 27.5 Å². The topological polar surface area (TPSA) is 55.1 Å². The van der Waals surface area contributed by atoms with Gasteiger partial charge in [-0.05, 0) is 36.2 Å². The molecule has 0 aliphatic rings. The Bertz CT molecular complexity index is 611. The fourth-order valence-corrected chi connectivity index (χ4v) is 2.27. The highest BCUT2D eigenvalue weighted by molar-refractivity contribution is 9.10. The van der Waals surface area contributed by atoms with Crippen molar-refractivity contribution in [3.8, 4) is 0 Å². The molecule has 3 N–H and O–H groups in total. The van der Waals surface area contributed by atoms with Gasteiger partial charge in [-0.1, -0.05) is 40.2 Å². The maximum Gasteiger partial charge on any atom is 0.249 e. The number of anilines is 1. The first-order valence-electron chi connectivity index (χ1n) is 5.96. The summed E-state index contributed by atoms with van der Waals surface area (Å²) in [6, 6.07) is 13.3. The van der Waals surface area contributed by atoms with Crippen molar-refractivity contribution in [1.29, 1.82) is 0 Å². The largest absolute Gasteiger partial charge is 0.381 e. The standard InChI is InChI=1S/C15H15BrN2O/c1-10-13(16)7-4-8-14(10)18-9-11-5-2-3-6-12(11)15(17)19/h2-8,18H,9H2,1H3,(H2,17,19). The van der Waals surface area contributed by atoms with Crippen LogP contribution in [0.15, 0.2) is 46.9 Å². The number of carbonyl (C=O) groups is 1. The maximum absolute atomic E-state index is 11.3. The van der Waals surface area contributed by atoms with Crippen LogP contribution in [0.2, 0.25) is 0 Å². The van der Waals surface area contributed by atoms with E-state index >= 15 is 0 Å². The van der Waals surface area contributed by atoms with Gasteiger partial charge in [0.1, 0.15) is 0 Å². The Morgan fingerprint density at radius 3 is 2.68 bits per heavy atom. The van der Waals surface area contributed by atoms with Crippen molar-refractivity contribution in [3.63, 3.8) is 0 Å². The second-order valence-corrected chi connectivity index (χ2v) is 5.14. The van der Waals surface area contributed by atoms with Crippen LogP contribution in [0.25, 0.3) is 0 Å². The smallest absolute Gasteiger partial charge is 0.249 e. The van der Waals surface area contributed by atoms with Gasteiger partial charge in [0, 0.05) is 22.3 Å². The second kappa shape index (κ2) is 5.89. The number of benzene rings is 2. The van der Waals surface area contributed by atoms with Crippen LogP contribution in [0.1, 0.15) is 21.5 Å². The van der Waals surface area contributed by atoms with Gasteiger partial charge in [-0.3, -0.25) is 4.79 Å². The van der Waals surface area contributed by atoms with Gasteiger partial charge < -0.3 is 11.1 Å². The molecule has 2 aromatic rings. The molecule has 0 atom stereocenters. The zero-order chi connectivity index (χ0) is 13.8. The first kappa shape index (κ1) is 13.6. The summed E-state index contributed by atoms with van der Waals surface area (Å²) in [5.74, 6) is -0.400. The molecule has 3 nitrogen and oxygen atoms in total. The van der Waals surface area contributed by atoms with E-state index < -0.39 is 5.91 Å². The molecule has 0 bridgehead atoms. The predicted molar refractivity (Wildman–Crippen MR) is 81.2 cm³/mol. The third-order valence-electron chi connectivity index (χ3n) is 3.02. The molecule has 0 saturated carbocycles. The molecule has 0 saturated heterocycles. The SMILES string of the molecule is Cc1c(Br)cccc1NCc1ccccc1C(N)=O. The number of nitrogens with two attached hydrogens (primary N) is 1. The molecule has 0 radical (unpaired) electrons. The van der Waals surface area contributed by atoms with Gasteiger partial charge in [0.2, 0.25) is 5.91 Å². The molecule has 4 heteroatoms. The number of hydrogen-bond donors (Lipinski definition) is 2. The summed E-state index contributed by atoms with van der Waals surface area (Å²) in [5, 5.41) is 3.33. The summed E-state index contributed by atoms with van der Waals surface area (Å²) in [5.41, 5.74) is 8.99. The number of primary amides is 1. The highest BCUT2D eigenvalue weighted by Gasteiger charge is 2.07. The average Bonchev–Trinajstić information content (AvgIpc) is 2.40. The highest BCUT2D eigenvalue weighted by Crippen LogP contribution is 2.24. The Hall–Kier alpha value is -1.81. The lowest BCUT2D eigenvalue weighted by atomic mass is 10.1. The number of carbonyl (C=O) groups excluding carboxylic acids is 1. The van der Waals surface area contributed by atoms with E-state index in [9.17, 15) is 4.79 Å². The molecule has 98 valence electrons. The van der Waals surface area contributed by atoms with Crippen LogP contribution in [0.3, 0.4) is 0 Å². The maximum atomic E-state index is 11.3. The van der Waals surface area contributed by atoms with Crippen LogP contribution >= 0.6 is 15.9 Å². The summed E-state index contributed by atoms with van der Waals surface area (Å²) < 4.78 is 1.06. The molecule has 2 rings (SSSR count). The van der Waals surface area contributed by atoms with Crippen molar-refractivity contribution in [2.45, 2.75) is 13.5 Å². The van der Waals surface area contributed by atoms with Crippen LogP contribution in [-0.2, 0) is 6.54 Å². The van der Waals surface area contributed by atoms with Gasteiger partial charge in [0.15, 0.2) is 0 Å². The van der Waals surface area contributed by atoms with Gasteiger partial charge in [-0.15, -0.1) is 0 Å². The van der Waals surface area contributed by atoms with E-state index in [-0.39, 0.29) is 0 Å².